The minimum absolute atomic E-state index is 0.322. The minimum atomic E-state index is -4.55. The standard InChI is InChI=1S/C20H16F3IO4S/c1-27-18-11-9-17(10-12-18)24(16-5-3-2-4-6-16)28-29(25,26)19-13-7-15(8-14-19)20(21,22)23/h2-14H,1H3. The Morgan fingerprint density at radius 2 is 1.34 bits per heavy atom. The zero-order chi connectivity index (χ0) is 21.1. The monoisotopic (exact) mass is 536 g/mol. The molecule has 29 heavy (non-hydrogen) atoms. The van der Waals surface area contributed by atoms with E-state index in [4.69, 9.17) is 7.25 Å². The predicted molar refractivity (Wildman–Crippen MR) is 111 cm³/mol. The van der Waals surface area contributed by atoms with Gasteiger partial charge in [-0.15, -0.1) is 0 Å². The number of hydrogen-bond donors (Lipinski definition) is 0. The fourth-order valence-corrected chi connectivity index (χ4v) is 9.29. The summed E-state index contributed by atoms with van der Waals surface area (Å²) >= 11 is -2.91. The summed E-state index contributed by atoms with van der Waals surface area (Å²) in [5.74, 6) is 0.614. The van der Waals surface area contributed by atoms with Crippen molar-refractivity contribution in [2.45, 2.75) is 11.1 Å². The van der Waals surface area contributed by atoms with Crippen LogP contribution in [0.5, 0.6) is 5.75 Å². The van der Waals surface area contributed by atoms with Crippen molar-refractivity contribution in [1.29, 1.82) is 0 Å². The molecule has 0 aliphatic rings. The van der Waals surface area contributed by atoms with E-state index < -0.39 is 42.1 Å². The van der Waals surface area contributed by atoms with Crippen LogP contribution < -0.4 is 4.74 Å². The Labute approximate surface area is 174 Å². The molecule has 0 unspecified atom stereocenters. The maximum atomic E-state index is 12.8. The van der Waals surface area contributed by atoms with Crippen LogP contribution in [0, 0.1) is 7.14 Å². The van der Waals surface area contributed by atoms with Crippen LogP contribution in [0.15, 0.2) is 83.8 Å². The molecule has 154 valence electrons. The summed E-state index contributed by atoms with van der Waals surface area (Å²) < 4.78 is 76.0. The van der Waals surface area contributed by atoms with Gasteiger partial charge in [0.1, 0.15) is 0 Å². The Bertz CT molecular complexity index is 1050. The molecule has 0 heterocycles. The summed E-state index contributed by atoms with van der Waals surface area (Å²) in [6.45, 7) is 0. The van der Waals surface area contributed by atoms with Crippen molar-refractivity contribution < 1.29 is 28.8 Å². The van der Waals surface area contributed by atoms with E-state index >= 15 is 0 Å². The van der Waals surface area contributed by atoms with Crippen LogP contribution in [-0.4, -0.2) is 15.5 Å². The topological polar surface area (TPSA) is 52.6 Å². The van der Waals surface area contributed by atoms with E-state index in [0.717, 1.165) is 27.8 Å². The van der Waals surface area contributed by atoms with Crippen LogP contribution in [0.25, 0.3) is 0 Å². The van der Waals surface area contributed by atoms with Gasteiger partial charge in [0.25, 0.3) is 0 Å². The van der Waals surface area contributed by atoms with Gasteiger partial charge in [0.15, 0.2) is 0 Å². The molecule has 0 aliphatic heterocycles. The average Bonchev–Trinajstić information content (AvgIpc) is 2.72. The number of methoxy groups -OCH3 is 1. The van der Waals surface area contributed by atoms with Gasteiger partial charge in [0.2, 0.25) is 0 Å². The molecular weight excluding hydrogens is 520 g/mol. The van der Waals surface area contributed by atoms with Crippen LogP contribution in [0.2, 0.25) is 0 Å². The predicted octanol–water partition coefficient (Wildman–Crippen LogP) is 5.58. The van der Waals surface area contributed by atoms with Crippen molar-refractivity contribution in [2.24, 2.45) is 0 Å². The summed E-state index contributed by atoms with van der Waals surface area (Å²) in [5, 5.41) is 0. The van der Waals surface area contributed by atoms with Gasteiger partial charge in [-0.1, -0.05) is 0 Å². The number of ether oxygens (including phenoxy) is 1. The van der Waals surface area contributed by atoms with Gasteiger partial charge < -0.3 is 0 Å². The van der Waals surface area contributed by atoms with Gasteiger partial charge in [0.05, 0.1) is 0 Å². The van der Waals surface area contributed by atoms with Crippen molar-refractivity contribution in [3.8, 4) is 5.75 Å². The third-order valence-corrected chi connectivity index (χ3v) is 11.1. The molecule has 0 N–H and O–H groups in total. The second kappa shape index (κ2) is 8.72. The van der Waals surface area contributed by atoms with Crippen molar-refractivity contribution in [3.63, 3.8) is 0 Å². The van der Waals surface area contributed by atoms with E-state index in [1.165, 1.54) is 7.11 Å². The molecule has 0 fully saturated rings. The zero-order valence-electron chi connectivity index (χ0n) is 15.1. The summed E-state index contributed by atoms with van der Waals surface area (Å²) in [6, 6.07) is 19.1. The third-order valence-electron chi connectivity index (χ3n) is 3.80. The van der Waals surface area contributed by atoms with Gasteiger partial charge in [-0.3, -0.25) is 0 Å². The fraction of sp³-hybridized carbons (Fsp3) is 0.100. The Hall–Kier alpha value is -2.11. The van der Waals surface area contributed by atoms with Crippen molar-refractivity contribution in [1.82, 2.24) is 0 Å². The van der Waals surface area contributed by atoms with Crippen LogP contribution in [0.1, 0.15) is 5.56 Å². The molecule has 0 saturated heterocycles. The molecule has 0 atom stereocenters. The van der Waals surface area contributed by atoms with Crippen molar-refractivity contribution in [3.05, 3.63) is 91.6 Å². The van der Waals surface area contributed by atoms with Crippen LogP contribution >= 0.6 is 20.2 Å². The normalized spacial score (nSPS) is 12.5. The molecule has 3 rings (SSSR count). The first kappa shape index (κ1) is 21.6. The fourth-order valence-electron chi connectivity index (χ4n) is 2.34. The molecule has 4 nitrogen and oxygen atoms in total. The maximum absolute atomic E-state index is 12.8. The zero-order valence-corrected chi connectivity index (χ0v) is 18.0. The number of alkyl halides is 3. The molecular formula is C20H16F3IO4S. The summed E-state index contributed by atoms with van der Waals surface area (Å²) in [6.07, 6.45) is -4.55. The van der Waals surface area contributed by atoms with Crippen molar-refractivity contribution >= 4 is 30.4 Å². The first-order valence-electron chi connectivity index (χ1n) is 8.22. The molecule has 0 amide bonds. The van der Waals surface area contributed by atoms with Gasteiger partial charge in [-0.25, -0.2) is 0 Å². The van der Waals surface area contributed by atoms with Gasteiger partial charge in [-0.2, -0.15) is 0 Å². The Morgan fingerprint density at radius 3 is 1.86 bits per heavy atom. The molecule has 3 aromatic carbocycles. The molecule has 0 saturated carbocycles. The summed E-state index contributed by atoms with van der Waals surface area (Å²) in [7, 11) is -2.74. The van der Waals surface area contributed by atoms with E-state index in [-0.39, 0.29) is 4.90 Å². The van der Waals surface area contributed by atoms with Gasteiger partial charge in [-0.05, 0) is 0 Å². The second-order valence-electron chi connectivity index (χ2n) is 5.74. The second-order valence-corrected chi connectivity index (χ2v) is 12.2. The van der Waals surface area contributed by atoms with Crippen LogP contribution in [-0.2, 0) is 18.8 Å². The van der Waals surface area contributed by atoms with E-state index in [2.05, 4.69) is 0 Å². The van der Waals surface area contributed by atoms with Gasteiger partial charge in [0, 0.05) is 0 Å². The average molecular weight is 536 g/mol. The van der Waals surface area contributed by atoms with Crippen LogP contribution in [0.4, 0.5) is 13.2 Å². The van der Waals surface area contributed by atoms with Crippen molar-refractivity contribution in [2.75, 3.05) is 7.11 Å². The van der Waals surface area contributed by atoms with E-state index in [1.807, 2.05) is 0 Å². The first-order valence-corrected chi connectivity index (χ1v) is 12.7. The first-order chi connectivity index (χ1) is 13.7. The Kier molecular flexibility index (Phi) is 6.49. The molecule has 0 bridgehead atoms. The molecule has 9 heteroatoms. The Balaban J connectivity index is 1.96. The number of rotatable bonds is 6. The molecule has 0 spiro atoms. The Morgan fingerprint density at radius 1 is 0.793 bits per heavy atom. The quantitative estimate of drug-likeness (QED) is 0.386. The number of halogens is 4. The molecule has 0 radical (unpaired) electrons. The summed E-state index contributed by atoms with van der Waals surface area (Å²) in [4.78, 5) is -0.322. The summed E-state index contributed by atoms with van der Waals surface area (Å²) in [5.41, 5.74) is -0.926. The SMILES string of the molecule is COc1ccc(I(OS(=O)(=O)c2ccc(C(F)(F)F)cc2)c2ccccc2)cc1. The van der Waals surface area contributed by atoms with Gasteiger partial charge >= 0.3 is 175 Å². The number of hydrogen-bond acceptors (Lipinski definition) is 4. The van der Waals surface area contributed by atoms with E-state index in [9.17, 15) is 21.6 Å². The van der Waals surface area contributed by atoms with Crippen LogP contribution in [0.3, 0.4) is 0 Å². The molecule has 0 aliphatic carbocycles. The third kappa shape index (κ3) is 5.28. The molecule has 0 aromatic heterocycles. The van der Waals surface area contributed by atoms with E-state index in [0.29, 0.717) is 9.32 Å². The number of benzene rings is 3. The van der Waals surface area contributed by atoms with E-state index in [1.54, 1.807) is 54.6 Å². The molecule has 3 aromatic rings.